The van der Waals surface area contributed by atoms with Crippen molar-refractivity contribution in [3.05, 3.63) is 130 Å². The van der Waals surface area contributed by atoms with Crippen molar-refractivity contribution in [3.63, 3.8) is 0 Å². The van der Waals surface area contributed by atoms with Crippen molar-refractivity contribution in [1.29, 1.82) is 0 Å². The topological polar surface area (TPSA) is 93.1 Å². The monoisotopic (exact) mass is 482 g/mol. The Morgan fingerprint density at radius 1 is 0.472 bits per heavy atom. The Hall–Kier alpha value is -4.26. The summed E-state index contributed by atoms with van der Waals surface area (Å²) in [6.07, 6.45) is 0. The standard InChI is InChI=1S/C30H26O6/c31-17-21-1-5-23(6-2-21)19-35-29(33)27-13-9-25(10-14-27)26-11-15-28(16-12-26)30(34)36-20-24-7-3-22(18-32)4-8-24/h1-16,31-32H,17-20H2. The molecule has 6 heteroatoms. The number of carbonyl (C=O) groups excluding carboxylic acids is 2. The zero-order valence-electron chi connectivity index (χ0n) is 19.6. The summed E-state index contributed by atoms with van der Waals surface area (Å²) in [5.41, 5.74) is 5.97. The molecule has 0 amide bonds. The molecule has 0 unspecified atom stereocenters. The molecule has 0 aliphatic rings. The minimum absolute atomic E-state index is 0.0269. The number of aliphatic hydroxyl groups excluding tert-OH is 2. The van der Waals surface area contributed by atoms with Crippen LogP contribution in [0.4, 0.5) is 0 Å². The number of benzene rings is 4. The third-order valence-corrected chi connectivity index (χ3v) is 5.73. The van der Waals surface area contributed by atoms with Gasteiger partial charge in [-0.1, -0.05) is 72.8 Å². The molecule has 0 aromatic heterocycles. The maximum atomic E-state index is 12.4. The first-order valence-electron chi connectivity index (χ1n) is 11.5. The van der Waals surface area contributed by atoms with Gasteiger partial charge in [0.05, 0.1) is 24.3 Å². The second-order valence-electron chi connectivity index (χ2n) is 8.26. The van der Waals surface area contributed by atoms with E-state index in [9.17, 15) is 9.59 Å². The summed E-state index contributed by atoms with van der Waals surface area (Å²) in [6.45, 7) is 0.247. The second kappa shape index (κ2) is 11.9. The largest absolute Gasteiger partial charge is 0.457 e. The predicted octanol–water partition coefficient (Wildman–Crippen LogP) is 5.05. The smallest absolute Gasteiger partial charge is 0.338 e. The summed E-state index contributed by atoms with van der Waals surface area (Å²) in [5.74, 6) is -0.839. The molecule has 0 heterocycles. The minimum Gasteiger partial charge on any atom is -0.457 e. The number of hydrogen-bond acceptors (Lipinski definition) is 6. The third kappa shape index (κ3) is 6.44. The highest BCUT2D eigenvalue weighted by atomic mass is 16.5. The van der Waals surface area contributed by atoms with E-state index in [0.29, 0.717) is 11.1 Å². The van der Waals surface area contributed by atoms with Crippen LogP contribution in [0.3, 0.4) is 0 Å². The average Bonchev–Trinajstić information content (AvgIpc) is 2.95. The van der Waals surface area contributed by atoms with Gasteiger partial charge in [-0.05, 0) is 57.6 Å². The fourth-order valence-corrected chi connectivity index (χ4v) is 3.54. The summed E-state index contributed by atoms with van der Waals surface area (Å²) in [7, 11) is 0. The van der Waals surface area contributed by atoms with Gasteiger partial charge in [0.2, 0.25) is 0 Å². The molecule has 0 saturated carbocycles. The van der Waals surface area contributed by atoms with Gasteiger partial charge in [-0.3, -0.25) is 0 Å². The van der Waals surface area contributed by atoms with Gasteiger partial charge in [0.15, 0.2) is 0 Å². The van der Waals surface area contributed by atoms with E-state index in [0.717, 1.165) is 33.4 Å². The fraction of sp³-hybridized carbons (Fsp3) is 0.133. The van der Waals surface area contributed by atoms with E-state index in [1.54, 1.807) is 48.5 Å². The Bertz CT molecular complexity index is 1190. The normalized spacial score (nSPS) is 10.6. The molecule has 6 nitrogen and oxygen atoms in total. The van der Waals surface area contributed by atoms with Crippen LogP contribution in [-0.4, -0.2) is 22.2 Å². The van der Waals surface area contributed by atoms with E-state index < -0.39 is 11.9 Å². The van der Waals surface area contributed by atoms with Crippen molar-refractivity contribution in [2.45, 2.75) is 26.4 Å². The van der Waals surface area contributed by atoms with E-state index in [4.69, 9.17) is 19.7 Å². The van der Waals surface area contributed by atoms with Crippen LogP contribution in [0.5, 0.6) is 0 Å². The first kappa shape index (κ1) is 24.9. The van der Waals surface area contributed by atoms with Gasteiger partial charge in [-0.25, -0.2) is 9.59 Å². The van der Waals surface area contributed by atoms with Crippen LogP contribution in [0, 0.1) is 0 Å². The molecule has 0 fully saturated rings. The highest BCUT2D eigenvalue weighted by Crippen LogP contribution is 2.21. The quantitative estimate of drug-likeness (QED) is 0.324. The molecule has 0 bridgehead atoms. The van der Waals surface area contributed by atoms with Gasteiger partial charge in [-0.2, -0.15) is 0 Å². The molecule has 0 saturated heterocycles. The van der Waals surface area contributed by atoms with Gasteiger partial charge >= 0.3 is 11.9 Å². The van der Waals surface area contributed by atoms with Crippen molar-refractivity contribution < 1.29 is 29.3 Å². The lowest BCUT2D eigenvalue weighted by molar-refractivity contribution is 0.0464. The van der Waals surface area contributed by atoms with Crippen molar-refractivity contribution in [2.75, 3.05) is 0 Å². The SMILES string of the molecule is O=C(OCc1ccc(CO)cc1)c1ccc(-c2ccc(C(=O)OCc3ccc(CO)cc3)cc2)cc1. The van der Waals surface area contributed by atoms with Crippen LogP contribution >= 0.6 is 0 Å². The van der Waals surface area contributed by atoms with Crippen LogP contribution < -0.4 is 0 Å². The molecule has 4 aromatic rings. The van der Waals surface area contributed by atoms with Crippen molar-refractivity contribution in [1.82, 2.24) is 0 Å². The maximum absolute atomic E-state index is 12.4. The Labute approximate surface area is 209 Å². The van der Waals surface area contributed by atoms with Crippen LogP contribution in [0.25, 0.3) is 11.1 Å². The zero-order chi connectivity index (χ0) is 25.3. The first-order chi connectivity index (χ1) is 17.6. The van der Waals surface area contributed by atoms with Crippen molar-refractivity contribution in [3.8, 4) is 11.1 Å². The first-order valence-corrected chi connectivity index (χ1v) is 11.5. The molecule has 0 aliphatic heterocycles. The lowest BCUT2D eigenvalue weighted by Gasteiger charge is -2.08. The lowest BCUT2D eigenvalue weighted by atomic mass is 10.0. The Morgan fingerprint density at radius 2 is 0.778 bits per heavy atom. The lowest BCUT2D eigenvalue weighted by Crippen LogP contribution is -2.05. The number of rotatable bonds is 9. The highest BCUT2D eigenvalue weighted by molar-refractivity contribution is 5.91. The Balaban J connectivity index is 1.31. The van der Waals surface area contributed by atoms with Gasteiger partial charge in [-0.15, -0.1) is 0 Å². The van der Waals surface area contributed by atoms with Crippen molar-refractivity contribution >= 4 is 11.9 Å². The average molecular weight is 483 g/mol. The van der Waals surface area contributed by atoms with E-state index >= 15 is 0 Å². The molecular formula is C30H26O6. The molecule has 0 atom stereocenters. The Morgan fingerprint density at radius 3 is 1.08 bits per heavy atom. The van der Waals surface area contributed by atoms with Crippen LogP contribution in [0.2, 0.25) is 0 Å². The molecule has 182 valence electrons. The van der Waals surface area contributed by atoms with Gasteiger partial charge in [0, 0.05) is 0 Å². The fourth-order valence-electron chi connectivity index (χ4n) is 3.54. The molecular weight excluding hydrogens is 456 g/mol. The molecule has 2 N–H and O–H groups in total. The van der Waals surface area contributed by atoms with Crippen LogP contribution in [0.1, 0.15) is 43.0 Å². The number of esters is 2. The molecule has 4 aromatic carbocycles. The summed E-state index contributed by atoms with van der Waals surface area (Å²) >= 11 is 0. The van der Waals surface area contributed by atoms with E-state index in [2.05, 4.69) is 0 Å². The van der Waals surface area contributed by atoms with E-state index in [1.165, 1.54) is 0 Å². The number of ether oxygens (including phenoxy) is 2. The molecule has 0 radical (unpaired) electrons. The van der Waals surface area contributed by atoms with Gasteiger partial charge in [0.1, 0.15) is 13.2 Å². The molecule has 0 spiro atoms. The molecule has 36 heavy (non-hydrogen) atoms. The zero-order valence-corrected chi connectivity index (χ0v) is 19.6. The number of carbonyl (C=O) groups is 2. The minimum atomic E-state index is -0.420. The Kier molecular flexibility index (Phi) is 8.24. The summed E-state index contributed by atoms with van der Waals surface area (Å²) < 4.78 is 10.8. The van der Waals surface area contributed by atoms with Crippen LogP contribution in [-0.2, 0) is 35.9 Å². The van der Waals surface area contributed by atoms with Crippen LogP contribution in [0.15, 0.2) is 97.1 Å². The number of hydrogen-bond donors (Lipinski definition) is 2. The van der Waals surface area contributed by atoms with E-state index in [-0.39, 0.29) is 26.4 Å². The third-order valence-electron chi connectivity index (χ3n) is 5.73. The highest BCUT2D eigenvalue weighted by Gasteiger charge is 2.10. The van der Waals surface area contributed by atoms with Gasteiger partial charge in [0.25, 0.3) is 0 Å². The summed E-state index contributed by atoms with van der Waals surface area (Å²) in [5, 5.41) is 18.2. The number of aliphatic hydroxyl groups is 2. The molecule has 4 rings (SSSR count). The molecule has 0 aliphatic carbocycles. The van der Waals surface area contributed by atoms with Crippen molar-refractivity contribution in [2.24, 2.45) is 0 Å². The predicted molar refractivity (Wildman–Crippen MR) is 135 cm³/mol. The maximum Gasteiger partial charge on any atom is 0.338 e. The summed E-state index contributed by atoms with van der Waals surface area (Å²) in [6, 6.07) is 28.6. The second-order valence-corrected chi connectivity index (χ2v) is 8.26. The van der Waals surface area contributed by atoms with E-state index in [1.807, 2.05) is 48.5 Å². The van der Waals surface area contributed by atoms with Gasteiger partial charge < -0.3 is 19.7 Å². The summed E-state index contributed by atoms with van der Waals surface area (Å²) in [4.78, 5) is 24.8.